The molecule has 194 valence electrons. The van der Waals surface area contributed by atoms with Crippen LogP contribution in [0, 0.1) is 0 Å². The SMILES string of the molecule is CCCCC1OC1CCC=CC=CC1CC=CCCCCCC(O[Si](CC)(CC)CC)C(=O)O1. The molecule has 4 atom stereocenters. The van der Waals surface area contributed by atoms with Crippen LogP contribution in [0.15, 0.2) is 36.5 Å². The summed E-state index contributed by atoms with van der Waals surface area (Å²) in [6, 6.07) is 3.14. The van der Waals surface area contributed by atoms with E-state index < -0.39 is 14.4 Å². The number of epoxide rings is 1. The third-order valence-electron chi connectivity index (χ3n) is 7.45. The highest BCUT2D eigenvalue weighted by Gasteiger charge is 2.37. The molecular weight excluding hydrogens is 440 g/mol. The van der Waals surface area contributed by atoms with E-state index in [9.17, 15) is 4.79 Å². The molecule has 0 aliphatic carbocycles. The number of carbonyl (C=O) groups excluding carboxylic acids is 1. The summed E-state index contributed by atoms with van der Waals surface area (Å²) in [5.74, 6) is -0.177. The Hall–Kier alpha value is -1.17. The monoisotopic (exact) mass is 490 g/mol. The van der Waals surface area contributed by atoms with Gasteiger partial charge in [0.15, 0.2) is 8.32 Å². The number of carbonyl (C=O) groups is 1. The maximum atomic E-state index is 13.2. The molecule has 2 rings (SSSR count). The van der Waals surface area contributed by atoms with Gasteiger partial charge in [0.25, 0.3) is 0 Å². The molecule has 0 saturated carbocycles. The van der Waals surface area contributed by atoms with Gasteiger partial charge in [0.05, 0.1) is 12.2 Å². The van der Waals surface area contributed by atoms with Gasteiger partial charge in [-0.25, -0.2) is 4.79 Å². The van der Waals surface area contributed by atoms with E-state index in [0.29, 0.717) is 12.2 Å². The highest BCUT2D eigenvalue weighted by Crippen LogP contribution is 2.31. The molecule has 2 aliphatic heterocycles. The Morgan fingerprint density at radius 1 is 1.00 bits per heavy atom. The lowest BCUT2D eigenvalue weighted by Gasteiger charge is -2.33. The van der Waals surface area contributed by atoms with Crippen molar-refractivity contribution in [2.45, 2.75) is 141 Å². The lowest BCUT2D eigenvalue weighted by molar-refractivity contribution is -0.156. The second kappa shape index (κ2) is 16.5. The lowest BCUT2D eigenvalue weighted by Crippen LogP contribution is -2.44. The highest BCUT2D eigenvalue weighted by molar-refractivity contribution is 6.73. The first-order chi connectivity index (χ1) is 16.6. The van der Waals surface area contributed by atoms with Gasteiger partial charge in [-0.05, 0) is 62.7 Å². The zero-order chi connectivity index (χ0) is 24.7. The van der Waals surface area contributed by atoms with Crippen LogP contribution in [-0.2, 0) is 18.7 Å². The number of hydrogen-bond acceptors (Lipinski definition) is 4. The third kappa shape index (κ3) is 10.6. The number of esters is 1. The second-order valence-electron chi connectivity index (χ2n) is 9.92. The minimum Gasteiger partial charge on any atom is -0.456 e. The van der Waals surface area contributed by atoms with Crippen LogP contribution >= 0.6 is 0 Å². The van der Waals surface area contributed by atoms with E-state index in [1.165, 1.54) is 25.7 Å². The molecule has 1 saturated heterocycles. The van der Waals surface area contributed by atoms with Crippen LogP contribution in [0.1, 0.15) is 98.3 Å². The van der Waals surface area contributed by atoms with Gasteiger partial charge in [-0.2, -0.15) is 0 Å². The van der Waals surface area contributed by atoms with Crippen molar-refractivity contribution in [1.29, 1.82) is 0 Å². The maximum Gasteiger partial charge on any atom is 0.334 e. The van der Waals surface area contributed by atoms with Crippen molar-refractivity contribution < 1.29 is 18.7 Å². The lowest BCUT2D eigenvalue weighted by atomic mass is 10.1. The van der Waals surface area contributed by atoms with Gasteiger partial charge in [-0.1, -0.05) is 83.8 Å². The first-order valence-electron chi connectivity index (χ1n) is 14.1. The van der Waals surface area contributed by atoms with Crippen molar-refractivity contribution >= 4 is 14.3 Å². The molecule has 5 heteroatoms. The summed E-state index contributed by atoms with van der Waals surface area (Å²) in [6.07, 6.45) is 24.7. The largest absolute Gasteiger partial charge is 0.456 e. The molecular formula is C29H50O4Si. The molecule has 0 amide bonds. The topological polar surface area (TPSA) is 48.1 Å². The average molecular weight is 491 g/mol. The molecule has 0 aromatic heterocycles. The van der Waals surface area contributed by atoms with Gasteiger partial charge in [0.2, 0.25) is 0 Å². The Morgan fingerprint density at radius 2 is 1.76 bits per heavy atom. The number of unbranched alkanes of at least 4 members (excludes halogenated alkanes) is 1. The standard InChI is InChI=1S/C29H50O4Si/c1-5-9-22-26-27(32-26)23-18-15-14-17-21-25-20-16-12-10-11-13-19-24-28(29(30)31-25)33-34(6-2,7-3)8-4/h12,14-17,21,25-28H,5-11,13,18-20,22-24H2,1-4H3. The number of allylic oxidation sites excluding steroid dienone is 4. The Kier molecular flexibility index (Phi) is 14.1. The van der Waals surface area contributed by atoms with Gasteiger partial charge >= 0.3 is 5.97 Å². The predicted octanol–water partition coefficient (Wildman–Crippen LogP) is 8.05. The fourth-order valence-electron chi connectivity index (χ4n) is 4.75. The molecule has 0 aromatic carbocycles. The van der Waals surface area contributed by atoms with Crippen molar-refractivity contribution in [3.8, 4) is 0 Å². The van der Waals surface area contributed by atoms with E-state index in [1.807, 2.05) is 12.2 Å². The maximum absolute atomic E-state index is 13.2. The molecule has 0 N–H and O–H groups in total. The first-order valence-corrected chi connectivity index (χ1v) is 16.6. The Balaban J connectivity index is 1.91. The second-order valence-corrected chi connectivity index (χ2v) is 14.6. The van der Waals surface area contributed by atoms with Gasteiger partial charge < -0.3 is 13.9 Å². The molecule has 0 spiro atoms. The minimum atomic E-state index is -1.87. The number of rotatable bonds is 13. The Morgan fingerprint density at radius 3 is 2.50 bits per heavy atom. The van der Waals surface area contributed by atoms with Crippen LogP contribution in [0.3, 0.4) is 0 Å². The Labute approximate surface area is 210 Å². The number of cyclic esters (lactones) is 1. The molecule has 0 bridgehead atoms. The molecule has 4 unspecified atom stereocenters. The molecule has 1 fully saturated rings. The molecule has 0 aromatic rings. The molecule has 34 heavy (non-hydrogen) atoms. The minimum absolute atomic E-state index is 0.177. The van der Waals surface area contributed by atoms with Gasteiger partial charge in [-0.3, -0.25) is 0 Å². The van der Waals surface area contributed by atoms with Crippen molar-refractivity contribution in [3.63, 3.8) is 0 Å². The smallest absolute Gasteiger partial charge is 0.334 e. The van der Waals surface area contributed by atoms with E-state index in [2.05, 4.69) is 52.0 Å². The summed E-state index contributed by atoms with van der Waals surface area (Å²) < 4.78 is 18.3. The van der Waals surface area contributed by atoms with E-state index in [4.69, 9.17) is 13.9 Å². The van der Waals surface area contributed by atoms with Crippen molar-refractivity contribution in [1.82, 2.24) is 0 Å². The van der Waals surface area contributed by atoms with Gasteiger partial charge in [-0.15, -0.1) is 0 Å². The van der Waals surface area contributed by atoms with Crippen LogP contribution in [0.25, 0.3) is 0 Å². The van der Waals surface area contributed by atoms with Crippen LogP contribution in [-0.4, -0.2) is 38.7 Å². The quantitative estimate of drug-likeness (QED) is 0.0861. The van der Waals surface area contributed by atoms with E-state index in [0.717, 1.165) is 63.1 Å². The van der Waals surface area contributed by atoms with Crippen LogP contribution < -0.4 is 0 Å². The van der Waals surface area contributed by atoms with E-state index >= 15 is 0 Å². The summed E-state index contributed by atoms with van der Waals surface area (Å²) in [4.78, 5) is 13.2. The first kappa shape index (κ1) is 29.1. The molecule has 0 radical (unpaired) electrons. The third-order valence-corrected chi connectivity index (χ3v) is 12.1. The number of hydrogen-bond donors (Lipinski definition) is 0. The van der Waals surface area contributed by atoms with E-state index in [-0.39, 0.29) is 12.1 Å². The zero-order valence-electron chi connectivity index (χ0n) is 22.3. The summed E-state index contributed by atoms with van der Waals surface area (Å²) in [5.41, 5.74) is 0. The summed E-state index contributed by atoms with van der Waals surface area (Å²) >= 11 is 0. The van der Waals surface area contributed by atoms with Gasteiger partial charge in [0.1, 0.15) is 12.2 Å². The van der Waals surface area contributed by atoms with Crippen molar-refractivity contribution in [2.75, 3.05) is 0 Å². The molecule has 2 aliphatic rings. The van der Waals surface area contributed by atoms with Crippen molar-refractivity contribution in [3.05, 3.63) is 36.5 Å². The van der Waals surface area contributed by atoms with Crippen molar-refractivity contribution in [2.24, 2.45) is 0 Å². The Bertz CT molecular complexity index is 644. The predicted molar refractivity (Wildman–Crippen MR) is 144 cm³/mol. The molecule has 2 heterocycles. The summed E-state index contributed by atoms with van der Waals surface area (Å²) in [5, 5.41) is 0. The molecule has 4 nitrogen and oxygen atoms in total. The normalized spacial score (nSPS) is 27.0. The van der Waals surface area contributed by atoms with Crippen LogP contribution in [0.4, 0.5) is 0 Å². The fraction of sp³-hybridized carbons (Fsp3) is 0.759. The summed E-state index contributed by atoms with van der Waals surface area (Å²) in [7, 11) is -1.87. The van der Waals surface area contributed by atoms with E-state index in [1.54, 1.807) is 0 Å². The zero-order valence-corrected chi connectivity index (χ0v) is 23.3. The van der Waals surface area contributed by atoms with Crippen LogP contribution in [0.2, 0.25) is 18.1 Å². The fourth-order valence-corrected chi connectivity index (χ4v) is 7.57. The highest BCUT2D eigenvalue weighted by atomic mass is 28.4. The number of ether oxygens (including phenoxy) is 2. The van der Waals surface area contributed by atoms with Gasteiger partial charge in [0, 0.05) is 6.42 Å². The summed E-state index contributed by atoms with van der Waals surface area (Å²) in [6.45, 7) is 8.86. The average Bonchev–Trinajstić information content (AvgIpc) is 3.60. The van der Waals surface area contributed by atoms with Crippen LogP contribution in [0.5, 0.6) is 0 Å².